The summed E-state index contributed by atoms with van der Waals surface area (Å²) in [5.41, 5.74) is 0.625. The minimum atomic E-state index is 0.468. The van der Waals surface area contributed by atoms with Gasteiger partial charge in [-0.15, -0.1) is 0 Å². The van der Waals surface area contributed by atoms with E-state index in [2.05, 4.69) is 20.0 Å². The molecule has 0 fully saturated rings. The maximum absolute atomic E-state index is 4.91. The highest BCUT2D eigenvalue weighted by atomic mass is 32.1. The third kappa shape index (κ3) is 0.932. The van der Waals surface area contributed by atoms with Crippen LogP contribution in [0.5, 0.6) is 0 Å². The van der Waals surface area contributed by atoms with E-state index < -0.39 is 0 Å². The van der Waals surface area contributed by atoms with Crippen LogP contribution in [-0.2, 0) is 0 Å². The van der Waals surface area contributed by atoms with Gasteiger partial charge in [0.2, 0.25) is 0 Å². The molecule has 0 amide bonds. The number of amidine groups is 2. The van der Waals surface area contributed by atoms with Crippen LogP contribution in [0.2, 0.25) is 0 Å². The van der Waals surface area contributed by atoms with Gasteiger partial charge in [-0.05, 0) is 6.92 Å². The largest absolute Gasteiger partial charge is 0.227 e. The number of thiocarbonyl (C=S) groups is 1. The van der Waals surface area contributed by atoms with Crippen molar-refractivity contribution in [2.75, 3.05) is 0 Å². The first-order chi connectivity index (χ1) is 5.27. The molecule has 2 heterocycles. The molecule has 2 aliphatic rings. The number of nitrogens with zero attached hydrogens (tertiary/aromatic N) is 4. The third-order valence-corrected chi connectivity index (χ3v) is 1.61. The Labute approximate surface area is 68.5 Å². The lowest BCUT2D eigenvalue weighted by molar-refractivity contribution is 1.58. The zero-order valence-electron chi connectivity index (χ0n) is 5.77. The van der Waals surface area contributed by atoms with E-state index in [0.717, 1.165) is 0 Å². The molecule has 0 aromatic carbocycles. The molecule has 0 aliphatic carbocycles. The molecule has 0 aromatic heterocycles. The summed E-state index contributed by atoms with van der Waals surface area (Å²) in [7, 11) is 0. The van der Waals surface area contributed by atoms with E-state index in [-0.39, 0.29) is 0 Å². The molecule has 0 aromatic rings. The molecule has 0 saturated carbocycles. The number of aliphatic imine (C=N–C) groups is 4. The lowest BCUT2D eigenvalue weighted by atomic mass is 10.3. The summed E-state index contributed by atoms with van der Waals surface area (Å²) in [5, 5.41) is 0. The van der Waals surface area contributed by atoms with Crippen LogP contribution in [-0.4, -0.2) is 28.7 Å². The highest BCUT2D eigenvalue weighted by Crippen LogP contribution is 2.05. The molecule has 0 atom stereocenters. The Morgan fingerprint density at radius 2 is 2.18 bits per heavy atom. The van der Waals surface area contributed by atoms with Gasteiger partial charge in [0, 0.05) is 0 Å². The maximum Gasteiger partial charge on any atom is 0.184 e. The Kier molecular flexibility index (Phi) is 1.25. The van der Waals surface area contributed by atoms with Crippen LogP contribution in [0.3, 0.4) is 0 Å². The van der Waals surface area contributed by atoms with E-state index >= 15 is 0 Å². The van der Waals surface area contributed by atoms with Crippen LogP contribution in [0.4, 0.5) is 0 Å². The van der Waals surface area contributed by atoms with Gasteiger partial charge < -0.3 is 0 Å². The highest BCUT2D eigenvalue weighted by molar-refractivity contribution is 7.82. The van der Waals surface area contributed by atoms with E-state index in [1.165, 1.54) is 6.34 Å². The van der Waals surface area contributed by atoms with E-state index in [4.69, 9.17) is 12.2 Å². The molecule has 11 heavy (non-hydrogen) atoms. The molecular weight excluding hydrogens is 160 g/mol. The van der Waals surface area contributed by atoms with Gasteiger partial charge in [0.05, 0.1) is 0 Å². The average Bonchev–Trinajstić information content (AvgIpc) is 2.31. The molecule has 4 nitrogen and oxygen atoms in total. The Morgan fingerprint density at radius 3 is 2.91 bits per heavy atom. The van der Waals surface area contributed by atoms with Crippen molar-refractivity contribution in [2.24, 2.45) is 20.0 Å². The maximum atomic E-state index is 4.91. The summed E-state index contributed by atoms with van der Waals surface area (Å²) in [6.45, 7) is 1.80. The Morgan fingerprint density at radius 1 is 1.36 bits per heavy atom. The Balaban J connectivity index is 2.53. The summed E-state index contributed by atoms with van der Waals surface area (Å²) in [5.74, 6) is 1.27. The summed E-state index contributed by atoms with van der Waals surface area (Å²) in [6, 6.07) is 0. The number of fused-ring (bicyclic) bond motifs is 1. The minimum Gasteiger partial charge on any atom is -0.227 e. The first-order valence-electron chi connectivity index (χ1n) is 3.06. The van der Waals surface area contributed by atoms with Gasteiger partial charge in [-0.3, -0.25) is 0 Å². The van der Waals surface area contributed by atoms with Crippen LogP contribution in [0.15, 0.2) is 20.0 Å². The summed E-state index contributed by atoms with van der Waals surface area (Å²) in [4.78, 5) is 16.3. The third-order valence-electron chi connectivity index (χ3n) is 1.31. The van der Waals surface area contributed by atoms with Crippen LogP contribution < -0.4 is 0 Å². The lowest BCUT2D eigenvalue weighted by Gasteiger charge is -1.99. The first kappa shape index (κ1) is 6.48. The van der Waals surface area contributed by atoms with Gasteiger partial charge in [0.25, 0.3) is 0 Å². The fourth-order valence-corrected chi connectivity index (χ4v) is 1.06. The van der Waals surface area contributed by atoms with E-state index in [0.29, 0.717) is 22.4 Å². The quantitative estimate of drug-likeness (QED) is 0.484. The van der Waals surface area contributed by atoms with Gasteiger partial charge in [-0.25, -0.2) is 20.0 Å². The van der Waals surface area contributed by atoms with Crippen molar-refractivity contribution in [3.05, 3.63) is 0 Å². The second-order valence-corrected chi connectivity index (χ2v) is 2.51. The average molecular weight is 164 g/mol. The lowest BCUT2D eigenvalue weighted by Crippen LogP contribution is -2.20. The molecule has 0 radical (unpaired) electrons. The molecule has 2 rings (SSSR count). The zero-order valence-corrected chi connectivity index (χ0v) is 6.59. The normalized spacial score (nSPS) is 20.8. The van der Waals surface area contributed by atoms with Crippen LogP contribution >= 0.6 is 12.2 Å². The van der Waals surface area contributed by atoms with E-state index in [1.807, 2.05) is 0 Å². The van der Waals surface area contributed by atoms with Gasteiger partial charge in [0.1, 0.15) is 17.9 Å². The van der Waals surface area contributed by atoms with Crippen LogP contribution in [0, 0.1) is 0 Å². The second-order valence-electron chi connectivity index (χ2n) is 2.12. The van der Waals surface area contributed by atoms with E-state index in [9.17, 15) is 0 Å². The fraction of sp³-hybridized carbons (Fsp3) is 0.167. The smallest absolute Gasteiger partial charge is 0.184 e. The topological polar surface area (TPSA) is 49.4 Å². The molecule has 0 unspecified atom stereocenters. The molecule has 0 N–H and O–H groups in total. The molecule has 54 valence electrons. The molecule has 5 heteroatoms. The molecule has 0 saturated heterocycles. The van der Waals surface area contributed by atoms with Crippen molar-refractivity contribution < 1.29 is 0 Å². The standard InChI is InChI=1S/C6H4N4S/c1-3-9-4-5(10-3)7-2-8-6(4)11/h2H,1H3. The Bertz CT molecular complexity index is 348. The Hall–Kier alpha value is -1.23. The van der Waals surface area contributed by atoms with Crippen molar-refractivity contribution >= 4 is 40.9 Å². The summed E-state index contributed by atoms with van der Waals surface area (Å²) < 4.78 is 0. The minimum absolute atomic E-state index is 0.468. The van der Waals surface area contributed by atoms with Crippen molar-refractivity contribution in [3.8, 4) is 0 Å². The number of hydrogen-bond donors (Lipinski definition) is 0. The molecular formula is C6H4N4S. The van der Waals surface area contributed by atoms with Gasteiger partial charge in [-0.1, -0.05) is 12.2 Å². The predicted molar refractivity (Wildman–Crippen MR) is 49.1 cm³/mol. The van der Waals surface area contributed by atoms with Crippen LogP contribution in [0.25, 0.3) is 0 Å². The SMILES string of the molecule is CC1=NC2=NC=NC(=S)C2=N1. The molecule has 2 aliphatic heterocycles. The van der Waals surface area contributed by atoms with E-state index in [1.54, 1.807) is 6.92 Å². The number of rotatable bonds is 0. The molecule has 0 bridgehead atoms. The highest BCUT2D eigenvalue weighted by Gasteiger charge is 2.21. The number of hydrogen-bond acceptors (Lipinski definition) is 4. The van der Waals surface area contributed by atoms with Crippen molar-refractivity contribution in [1.82, 2.24) is 0 Å². The predicted octanol–water partition coefficient (Wildman–Crippen LogP) is 0.627. The second kappa shape index (κ2) is 2.13. The first-order valence-corrected chi connectivity index (χ1v) is 3.47. The molecule has 0 spiro atoms. The van der Waals surface area contributed by atoms with Gasteiger partial charge >= 0.3 is 0 Å². The van der Waals surface area contributed by atoms with Crippen LogP contribution in [0.1, 0.15) is 6.92 Å². The summed E-state index contributed by atoms with van der Waals surface area (Å²) in [6.07, 6.45) is 1.40. The van der Waals surface area contributed by atoms with Crippen molar-refractivity contribution in [1.29, 1.82) is 0 Å². The summed E-state index contributed by atoms with van der Waals surface area (Å²) >= 11 is 4.91. The van der Waals surface area contributed by atoms with Gasteiger partial charge in [-0.2, -0.15) is 0 Å². The van der Waals surface area contributed by atoms with Crippen molar-refractivity contribution in [3.63, 3.8) is 0 Å². The monoisotopic (exact) mass is 164 g/mol. The van der Waals surface area contributed by atoms with Crippen molar-refractivity contribution in [2.45, 2.75) is 6.92 Å². The zero-order chi connectivity index (χ0) is 7.84. The fourth-order valence-electron chi connectivity index (χ4n) is 0.874. The van der Waals surface area contributed by atoms with Gasteiger partial charge in [0.15, 0.2) is 10.8 Å².